The van der Waals surface area contributed by atoms with Crippen LogP contribution >= 0.6 is 23.2 Å². The summed E-state index contributed by atoms with van der Waals surface area (Å²) in [4.78, 5) is 16.2. The van der Waals surface area contributed by atoms with E-state index in [0.29, 0.717) is 22.3 Å². The molecule has 0 spiro atoms. The monoisotopic (exact) mass is 413 g/mol. The quantitative estimate of drug-likeness (QED) is 0.460. The summed E-state index contributed by atoms with van der Waals surface area (Å²) in [7, 11) is 0. The number of pyridine rings is 1. The van der Waals surface area contributed by atoms with E-state index in [4.69, 9.17) is 23.2 Å². The maximum atomic E-state index is 13.9. The zero-order valence-corrected chi connectivity index (χ0v) is 16.0. The number of para-hydroxylation sites is 1. The van der Waals surface area contributed by atoms with Crippen molar-refractivity contribution in [1.29, 1.82) is 0 Å². The zero-order valence-electron chi connectivity index (χ0n) is 14.5. The summed E-state index contributed by atoms with van der Waals surface area (Å²) in [5, 5.41) is 4.77. The largest absolute Gasteiger partial charge is 0.341 e. The van der Waals surface area contributed by atoms with E-state index < -0.39 is 11.7 Å². The molecule has 1 N–H and O–H groups in total. The lowest BCUT2D eigenvalue weighted by atomic mass is 10.2. The van der Waals surface area contributed by atoms with Gasteiger partial charge in [-0.25, -0.2) is 4.39 Å². The van der Waals surface area contributed by atoms with Crippen LogP contribution in [0, 0.1) is 5.82 Å². The molecule has 0 unspecified atom stereocenters. The number of halogens is 3. The van der Waals surface area contributed by atoms with Crippen molar-refractivity contribution in [3.05, 3.63) is 94.1 Å². The summed E-state index contributed by atoms with van der Waals surface area (Å²) < 4.78 is 15.8. The van der Waals surface area contributed by atoms with Crippen molar-refractivity contribution in [2.75, 3.05) is 5.32 Å². The predicted octanol–water partition coefficient (Wildman–Crippen LogP) is 5.78. The van der Waals surface area contributed by atoms with E-state index in [1.54, 1.807) is 12.1 Å². The zero-order chi connectivity index (χ0) is 19.7. The Bertz CT molecular complexity index is 1190. The molecule has 4 rings (SSSR count). The molecule has 0 radical (unpaired) electrons. The Morgan fingerprint density at radius 1 is 1.14 bits per heavy atom. The maximum Gasteiger partial charge on any atom is 0.258 e. The molecule has 4 nitrogen and oxygen atoms in total. The van der Waals surface area contributed by atoms with Crippen molar-refractivity contribution in [3.8, 4) is 0 Å². The van der Waals surface area contributed by atoms with Crippen molar-refractivity contribution in [1.82, 2.24) is 9.55 Å². The van der Waals surface area contributed by atoms with Crippen molar-refractivity contribution >= 4 is 45.7 Å². The van der Waals surface area contributed by atoms with Crippen LogP contribution in [0.2, 0.25) is 10.0 Å². The van der Waals surface area contributed by atoms with Gasteiger partial charge >= 0.3 is 0 Å². The molecule has 0 saturated heterocycles. The SMILES string of the molecule is O=C(Nc1cn(Cc2ccc(Cl)cc2Cl)c2ccccc12)c1ccncc1F. The van der Waals surface area contributed by atoms with Crippen LogP contribution in [0.4, 0.5) is 10.1 Å². The van der Waals surface area contributed by atoms with Crippen molar-refractivity contribution in [2.45, 2.75) is 6.54 Å². The number of carbonyl (C=O) groups excluding carboxylic acids is 1. The van der Waals surface area contributed by atoms with Gasteiger partial charge in [0.1, 0.15) is 0 Å². The third-order valence-corrected chi connectivity index (χ3v) is 5.00. The molecule has 28 heavy (non-hydrogen) atoms. The van der Waals surface area contributed by atoms with Gasteiger partial charge in [0.15, 0.2) is 5.82 Å². The first-order chi connectivity index (χ1) is 13.5. The second-order valence-electron chi connectivity index (χ2n) is 6.23. The van der Waals surface area contributed by atoms with Gasteiger partial charge in [-0.2, -0.15) is 0 Å². The minimum Gasteiger partial charge on any atom is -0.341 e. The highest BCUT2D eigenvalue weighted by atomic mass is 35.5. The van der Waals surface area contributed by atoms with Gasteiger partial charge in [0, 0.05) is 34.4 Å². The normalized spacial score (nSPS) is 11.0. The van der Waals surface area contributed by atoms with Crippen molar-refractivity contribution < 1.29 is 9.18 Å². The van der Waals surface area contributed by atoms with Crippen LogP contribution < -0.4 is 5.32 Å². The smallest absolute Gasteiger partial charge is 0.258 e. The summed E-state index contributed by atoms with van der Waals surface area (Å²) in [5.74, 6) is -1.20. The molecule has 0 atom stereocenters. The molecule has 7 heteroatoms. The van der Waals surface area contributed by atoms with E-state index in [1.807, 2.05) is 41.1 Å². The molecule has 0 aliphatic rings. The van der Waals surface area contributed by atoms with E-state index in [1.165, 1.54) is 12.3 Å². The number of hydrogen-bond acceptors (Lipinski definition) is 2. The maximum absolute atomic E-state index is 13.9. The number of anilines is 1. The number of nitrogens with zero attached hydrogens (tertiary/aromatic N) is 2. The Morgan fingerprint density at radius 2 is 1.96 bits per heavy atom. The predicted molar refractivity (Wildman–Crippen MR) is 110 cm³/mol. The van der Waals surface area contributed by atoms with Crippen LogP contribution in [0.1, 0.15) is 15.9 Å². The average Bonchev–Trinajstić information content (AvgIpc) is 3.02. The second kappa shape index (κ2) is 7.62. The number of hydrogen-bond donors (Lipinski definition) is 1. The van der Waals surface area contributed by atoms with Gasteiger partial charge in [-0.05, 0) is 29.8 Å². The minimum absolute atomic E-state index is 0.0624. The molecule has 0 saturated carbocycles. The molecule has 0 aliphatic heterocycles. The second-order valence-corrected chi connectivity index (χ2v) is 7.08. The summed E-state index contributed by atoms with van der Waals surface area (Å²) in [6, 6.07) is 14.3. The lowest BCUT2D eigenvalue weighted by Gasteiger charge is -2.08. The molecule has 0 aliphatic carbocycles. The van der Waals surface area contributed by atoms with Crippen LogP contribution in [-0.2, 0) is 6.54 Å². The fourth-order valence-corrected chi connectivity index (χ4v) is 3.53. The van der Waals surface area contributed by atoms with Gasteiger partial charge in [0.25, 0.3) is 5.91 Å². The Morgan fingerprint density at radius 3 is 2.75 bits per heavy atom. The van der Waals surface area contributed by atoms with Crippen molar-refractivity contribution in [2.24, 2.45) is 0 Å². The lowest BCUT2D eigenvalue weighted by molar-refractivity contribution is 0.102. The van der Waals surface area contributed by atoms with Gasteiger partial charge in [-0.1, -0.05) is 47.5 Å². The van der Waals surface area contributed by atoms with E-state index in [9.17, 15) is 9.18 Å². The van der Waals surface area contributed by atoms with Crippen LogP contribution in [0.3, 0.4) is 0 Å². The van der Waals surface area contributed by atoms with Crippen LogP contribution in [0.25, 0.3) is 10.9 Å². The van der Waals surface area contributed by atoms with Crippen LogP contribution in [0.15, 0.2) is 67.1 Å². The highest BCUT2D eigenvalue weighted by Gasteiger charge is 2.16. The highest BCUT2D eigenvalue weighted by molar-refractivity contribution is 6.35. The Labute approximate surface area is 170 Å². The number of carbonyl (C=O) groups is 1. The van der Waals surface area contributed by atoms with E-state index in [0.717, 1.165) is 22.7 Å². The first-order valence-corrected chi connectivity index (χ1v) is 9.21. The molecule has 0 bridgehead atoms. The van der Waals surface area contributed by atoms with E-state index in [2.05, 4.69) is 10.3 Å². The van der Waals surface area contributed by atoms with E-state index in [-0.39, 0.29) is 5.56 Å². The number of nitrogens with one attached hydrogen (secondary N) is 1. The average molecular weight is 414 g/mol. The number of amides is 1. The topological polar surface area (TPSA) is 46.9 Å². The molecular formula is C21H14Cl2FN3O. The molecule has 2 heterocycles. The van der Waals surface area contributed by atoms with Gasteiger partial charge in [0.05, 0.1) is 23.0 Å². The lowest BCUT2D eigenvalue weighted by Crippen LogP contribution is -2.13. The molecule has 2 aromatic carbocycles. The summed E-state index contributed by atoms with van der Waals surface area (Å²) >= 11 is 12.3. The fourth-order valence-electron chi connectivity index (χ4n) is 3.06. The molecule has 0 fully saturated rings. The van der Waals surface area contributed by atoms with E-state index >= 15 is 0 Å². The summed E-state index contributed by atoms with van der Waals surface area (Å²) in [6.07, 6.45) is 4.21. The van der Waals surface area contributed by atoms with Crippen LogP contribution in [-0.4, -0.2) is 15.5 Å². The van der Waals surface area contributed by atoms with Crippen molar-refractivity contribution in [3.63, 3.8) is 0 Å². The summed E-state index contributed by atoms with van der Waals surface area (Å²) in [5.41, 5.74) is 2.33. The van der Waals surface area contributed by atoms with Gasteiger partial charge in [0.2, 0.25) is 0 Å². The molecular weight excluding hydrogens is 400 g/mol. The van der Waals surface area contributed by atoms with Gasteiger partial charge in [-0.3, -0.25) is 9.78 Å². The van der Waals surface area contributed by atoms with Gasteiger partial charge < -0.3 is 9.88 Å². The number of benzene rings is 2. The molecule has 2 aromatic heterocycles. The minimum atomic E-state index is -0.670. The Kier molecular flexibility index (Phi) is 5.03. The van der Waals surface area contributed by atoms with Gasteiger partial charge in [-0.15, -0.1) is 0 Å². The van der Waals surface area contributed by atoms with Crippen LogP contribution in [0.5, 0.6) is 0 Å². The number of aromatic nitrogens is 2. The molecule has 4 aromatic rings. The Hall–Kier alpha value is -2.89. The Balaban J connectivity index is 1.70. The standard InChI is InChI=1S/C21H14Cl2FN3O/c22-14-6-5-13(17(23)9-14)11-27-12-19(16-3-1-2-4-20(16)27)26-21(28)15-7-8-25-10-18(15)24/h1-10,12H,11H2,(H,26,28). The third kappa shape index (κ3) is 3.59. The number of fused-ring (bicyclic) bond motifs is 1. The molecule has 140 valence electrons. The molecule has 1 amide bonds. The first-order valence-electron chi connectivity index (χ1n) is 8.45. The summed E-state index contributed by atoms with van der Waals surface area (Å²) in [6.45, 7) is 0.496. The highest BCUT2D eigenvalue weighted by Crippen LogP contribution is 2.29. The third-order valence-electron chi connectivity index (χ3n) is 4.41. The fraction of sp³-hybridized carbons (Fsp3) is 0.0476. The number of rotatable bonds is 4. The first kappa shape index (κ1) is 18.5.